The van der Waals surface area contributed by atoms with Gasteiger partial charge in [-0.15, -0.1) is 0 Å². The van der Waals surface area contributed by atoms with Crippen LogP contribution in [0.25, 0.3) is 0 Å². The molecule has 0 bridgehead atoms. The van der Waals surface area contributed by atoms with Gasteiger partial charge in [-0.3, -0.25) is 19.6 Å². The van der Waals surface area contributed by atoms with Gasteiger partial charge in [0.2, 0.25) is 11.8 Å². The summed E-state index contributed by atoms with van der Waals surface area (Å²) in [4.78, 5) is 33.9. The van der Waals surface area contributed by atoms with Crippen LogP contribution in [-0.4, -0.2) is 45.8 Å². The molecule has 1 saturated heterocycles. The van der Waals surface area contributed by atoms with Crippen LogP contribution in [0.15, 0.2) is 18.6 Å². The first-order valence-electron chi connectivity index (χ1n) is 7.65. The number of rotatable bonds is 5. The van der Waals surface area contributed by atoms with E-state index in [0.717, 1.165) is 12.2 Å². The Morgan fingerprint density at radius 2 is 2.18 bits per heavy atom. The highest BCUT2D eigenvalue weighted by Gasteiger charge is 2.32. The molecule has 1 fully saturated rings. The van der Waals surface area contributed by atoms with Crippen LogP contribution in [0.3, 0.4) is 0 Å². The molecule has 0 aliphatic carbocycles. The van der Waals surface area contributed by atoms with E-state index < -0.39 is 0 Å². The Morgan fingerprint density at radius 1 is 1.41 bits per heavy atom. The van der Waals surface area contributed by atoms with Gasteiger partial charge in [0.1, 0.15) is 0 Å². The minimum Gasteiger partial charge on any atom is -0.351 e. The predicted molar refractivity (Wildman–Crippen MR) is 82.9 cm³/mol. The number of nitrogens with zero attached hydrogens (tertiary/aromatic N) is 3. The van der Waals surface area contributed by atoms with Crippen LogP contribution in [0, 0.1) is 5.41 Å². The third-order valence-electron chi connectivity index (χ3n) is 3.47. The molecule has 0 radical (unpaired) electrons. The summed E-state index contributed by atoms with van der Waals surface area (Å²) < 4.78 is 0. The van der Waals surface area contributed by atoms with E-state index in [4.69, 9.17) is 0 Å². The Hall–Kier alpha value is -1.98. The molecule has 0 unspecified atom stereocenters. The molecular weight excluding hydrogens is 280 g/mol. The molecule has 1 aromatic heterocycles. The first kappa shape index (κ1) is 16.4. The van der Waals surface area contributed by atoms with Gasteiger partial charge in [-0.2, -0.15) is 0 Å². The Balaban J connectivity index is 1.77. The highest BCUT2D eigenvalue weighted by Crippen LogP contribution is 2.20. The molecule has 2 rings (SSSR count). The summed E-state index contributed by atoms with van der Waals surface area (Å²) >= 11 is 0. The van der Waals surface area contributed by atoms with Gasteiger partial charge in [-0.05, 0) is 11.8 Å². The fourth-order valence-corrected chi connectivity index (χ4v) is 2.59. The van der Waals surface area contributed by atoms with Crippen LogP contribution in [0.4, 0.5) is 0 Å². The molecule has 0 spiro atoms. The topological polar surface area (TPSA) is 75.2 Å². The quantitative estimate of drug-likeness (QED) is 0.886. The van der Waals surface area contributed by atoms with Crippen LogP contribution >= 0.6 is 0 Å². The summed E-state index contributed by atoms with van der Waals surface area (Å²) in [5.74, 6) is 0.0789. The van der Waals surface area contributed by atoms with Gasteiger partial charge in [0.05, 0.1) is 11.7 Å². The van der Waals surface area contributed by atoms with Crippen molar-refractivity contribution in [1.82, 2.24) is 20.2 Å². The van der Waals surface area contributed by atoms with E-state index in [9.17, 15) is 9.59 Å². The first-order chi connectivity index (χ1) is 10.3. The zero-order chi connectivity index (χ0) is 16.2. The number of aromatic nitrogens is 2. The van der Waals surface area contributed by atoms with Crippen molar-refractivity contribution in [2.24, 2.45) is 5.41 Å². The van der Waals surface area contributed by atoms with E-state index >= 15 is 0 Å². The van der Waals surface area contributed by atoms with Gasteiger partial charge in [0.25, 0.3) is 0 Å². The van der Waals surface area contributed by atoms with Gasteiger partial charge >= 0.3 is 0 Å². The first-order valence-corrected chi connectivity index (χ1v) is 7.65. The number of carbonyl (C=O) groups is 2. The van der Waals surface area contributed by atoms with Crippen LogP contribution < -0.4 is 5.32 Å². The standard InChI is InChI=1S/C16H24N4O2/c1-16(2,3)11-20-10-13(8-15(20)22)19-14(21)5-4-12-9-17-6-7-18-12/h6-7,9,13H,4-5,8,10-11H2,1-3H3,(H,19,21)/t13-/m0/s1. The summed E-state index contributed by atoms with van der Waals surface area (Å²) in [5, 5.41) is 2.95. The van der Waals surface area contributed by atoms with E-state index in [1.807, 2.05) is 4.90 Å². The van der Waals surface area contributed by atoms with Crippen molar-refractivity contribution >= 4 is 11.8 Å². The van der Waals surface area contributed by atoms with E-state index in [-0.39, 0.29) is 23.3 Å². The molecule has 1 aliphatic rings. The van der Waals surface area contributed by atoms with Gasteiger partial charge < -0.3 is 10.2 Å². The summed E-state index contributed by atoms with van der Waals surface area (Å²) in [6, 6.07) is -0.0794. The molecule has 1 aromatic rings. The zero-order valence-electron chi connectivity index (χ0n) is 13.5. The van der Waals surface area contributed by atoms with Crippen LogP contribution in [0.5, 0.6) is 0 Å². The molecular formula is C16H24N4O2. The highest BCUT2D eigenvalue weighted by atomic mass is 16.2. The third kappa shape index (κ3) is 5.09. The maximum Gasteiger partial charge on any atom is 0.224 e. The lowest BCUT2D eigenvalue weighted by Crippen LogP contribution is -2.39. The molecule has 1 atom stereocenters. The lowest BCUT2D eigenvalue weighted by molar-refractivity contribution is -0.128. The Bertz CT molecular complexity index is 525. The molecule has 1 N–H and O–H groups in total. The van der Waals surface area contributed by atoms with E-state index in [0.29, 0.717) is 25.8 Å². The monoisotopic (exact) mass is 304 g/mol. The van der Waals surface area contributed by atoms with Crippen molar-refractivity contribution in [2.75, 3.05) is 13.1 Å². The molecule has 0 saturated carbocycles. The second-order valence-electron chi connectivity index (χ2n) is 7.00. The molecule has 1 aliphatic heterocycles. The van der Waals surface area contributed by atoms with E-state index in [2.05, 4.69) is 36.1 Å². The van der Waals surface area contributed by atoms with E-state index in [1.165, 1.54) is 0 Å². The fourth-order valence-electron chi connectivity index (χ4n) is 2.59. The average Bonchev–Trinajstić information content (AvgIpc) is 2.75. The average molecular weight is 304 g/mol. The maximum absolute atomic E-state index is 12.0. The molecule has 120 valence electrons. The normalized spacial score (nSPS) is 18.6. The molecule has 6 nitrogen and oxygen atoms in total. The van der Waals surface area contributed by atoms with Gasteiger partial charge in [-0.25, -0.2) is 0 Å². The largest absolute Gasteiger partial charge is 0.351 e. The number of hydrogen-bond acceptors (Lipinski definition) is 4. The number of aryl methyl sites for hydroxylation is 1. The van der Waals surface area contributed by atoms with Crippen molar-refractivity contribution in [1.29, 1.82) is 0 Å². The molecule has 0 aromatic carbocycles. The minimum absolute atomic E-state index is 0.0407. The molecule has 6 heteroatoms. The Labute approximate surface area is 131 Å². The second kappa shape index (κ2) is 6.85. The maximum atomic E-state index is 12.0. The summed E-state index contributed by atoms with van der Waals surface area (Å²) in [6.07, 6.45) is 6.21. The number of carbonyl (C=O) groups excluding carboxylic acids is 2. The van der Waals surface area contributed by atoms with Crippen LogP contribution in [0.1, 0.15) is 39.3 Å². The number of amides is 2. The number of likely N-dealkylation sites (tertiary alicyclic amines) is 1. The summed E-state index contributed by atoms with van der Waals surface area (Å²) in [6.45, 7) is 7.64. The second-order valence-corrected chi connectivity index (χ2v) is 7.00. The highest BCUT2D eigenvalue weighted by molar-refractivity contribution is 5.82. The molecule has 2 heterocycles. The Kier molecular flexibility index (Phi) is 5.11. The summed E-state index contributed by atoms with van der Waals surface area (Å²) in [5.41, 5.74) is 0.870. The fraction of sp³-hybridized carbons (Fsp3) is 0.625. The van der Waals surface area contributed by atoms with Crippen LogP contribution in [-0.2, 0) is 16.0 Å². The van der Waals surface area contributed by atoms with Crippen molar-refractivity contribution in [3.8, 4) is 0 Å². The third-order valence-corrected chi connectivity index (χ3v) is 3.47. The predicted octanol–water partition coefficient (Wildman–Crippen LogP) is 1.17. The Morgan fingerprint density at radius 3 is 2.82 bits per heavy atom. The molecule has 22 heavy (non-hydrogen) atoms. The lowest BCUT2D eigenvalue weighted by atomic mass is 9.96. The van der Waals surface area contributed by atoms with Gasteiger partial charge in [-0.1, -0.05) is 20.8 Å². The SMILES string of the molecule is CC(C)(C)CN1C[C@@H](NC(=O)CCc2cnccn2)CC1=O. The number of nitrogens with one attached hydrogen (secondary N) is 1. The zero-order valence-corrected chi connectivity index (χ0v) is 13.5. The van der Waals surface area contributed by atoms with Crippen molar-refractivity contribution in [3.63, 3.8) is 0 Å². The number of hydrogen-bond donors (Lipinski definition) is 1. The minimum atomic E-state index is -0.0794. The lowest BCUT2D eigenvalue weighted by Gasteiger charge is -2.26. The van der Waals surface area contributed by atoms with Crippen molar-refractivity contribution < 1.29 is 9.59 Å². The smallest absolute Gasteiger partial charge is 0.224 e. The van der Waals surface area contributed by atoms with Crippen molar-refractivity contribution in [2.45, 2.75) is 46.1 Å². The van der Waals surface area contributed by atoms with Gasteiger partial charge in [0, 0.05) is 44.5 Å². The van der Waals surface area contributed by atoms with Crippen molar-refractivity contribution in [3.05, 3.63) is 24.3 Å². The van der Waals surface area contributed by atoms with Gasteiger partial charge in [0.15, 0.2) is 0 Å². The molecule has 2 amide bonds. The summed E-state index contributed by atoms with van der Waals surface area (Å²) in [7, 11) is 0. The van der Waals surface area contributed by atoms with E-state index in [1.54, 1.807) is 18.6 Å². The van der Waals surface area contributed by atoms with Crippen LogP contribution in [0.2, 0.25) is 0 Å².